The first-order chi connectivity index (χ1) is 10.0. The van der Waals surface area contributed by atoms with Gasteiger partial charge in [0.1, 0.15) is 5.82 Å². The molecule has 0 saturated carbocycles. The third kappa shape index (κ3) is 5.18. The van der Waals surface area contributed by atoms with E-state index in [1.165, 1.54) is 23.3 Å². The zero-order chi connectivity index (χ0) is 15.2. The van der Waals surface area contributed by atoms with Gasteiger partial charge in [-0.25, -0.2) is 4.39 Å². The van der Waals surface area contributed by atoms with Crippen LogP contribution >= 0.6 is 11.8 Å². The van der Waals surface area contributed by atoms with Crippen LogP contribution in [0.1, 0.15) is 30.9 Å². The molecule has 2 aromatic carbocycles. The minimum atomic E-state index is -0.200. The first-order valence-corrected chi connectivity index (χ1v) is 8.26. The summed E-state index contributed by atoms with van der Waals surface area (Å²) in [6, 6.07) is 15.4. The molecule has 2 aromatic rings. The Hall–Kier alpha value is -1.32. The minimum absolute atomic E-state index is 0.102. The van der Waals surface area contributed by atoms with Crippen LogP contribution in [0.15, 0.2) is 53.4 Å². The Bertz CT molecular complexity index is 548. The van der Waals surface area contributed by atoms with E-state index in [1.807, 2.05) is 0 Å². The largest absolute Gasteiger partial charge is 0.327 e. The van der Waals surface area contributed by atoms with Gasteiger partial charge in [0, 0.05) is 16.7 Å². The molecule has 0 amide bonds. The molecule has 0 radical (unpaired) electrons. The van der Waals surface area contributed by atoms with Crippen molar-refractivity contribution in [3.8, 4) is 0 Å². The fraction of sp³-hybridized carbons (Fsp3) is 0.333. The van der Waals surface area contributed by atoms with Crippen molar-refractivity contribution < 1.29 is 4.39 Å². The van der Waals surface area contributed by atoms with Gasteiger partial charge >= 0.3 is 0 Å². The summed E-state index contributed by atoms with van der Waals surface area (Å²) in [6.45, 7) is 4.39. The van der Waals surface area contributed by atoms with E-state index in [9.17, 15) is 4.39 Å². The molecule has 0 fully saturated rings. The molecule has 0 heterocycles. The van der Waals surface area contributed by atoms with Crippen molar-refractivity contribution >= 4 is 11.8 Å². The molecule has 0 aliphatic carbocycles. The van der Waals surface area contributed by atoms with E-state index in [1.54, 1.807) is 23.9 Å². The number of hydrogen-bond acceptors (Lipinski definition) is 2. The Labute approximate surface area is 130 Å². The third-order valence-electron chi connectivity index (χ3n) is 3.42. The number of benzene rings is 2. The van der Waals surface area contributed by atoms with Gasteiger partial charge in [-0.1, -0.05) is 38.1 Å². The van der Waals surface area contributed by atoms with E-state index in [-0.39, 0.29) is 11.9 Å². The average molecular weight is 303 g/mol. The van der Waals surface area contributed by atoms with Crippen LogP contribution in [0.2, 0.25) is 0 Å². The molecule has 2 N–H and O–H groups in total. The molecular formula is C18H22FNS. The molecule has 0 aromatic heterocycles. The van der Waals surface area contributed by atoms with Gasteiger partial charge in [-0.05, 0) is 47.7 Å². The van der Waals surface area contributed by atoms with Crippen molar-refractivity contribution in [1.82, 2.24) is 0 Å². The van der Waals surface area contributed by atoms with Gasteiger partial charge in [0.25, 0.3) is 0 Å². The minimum Gasteiger partial charge on any atom is -0.327 e. The summed E-state index contributed by atoms with van der Waals surface area (Å²) in [5.41, 5.74) is 8.81. The fourth-order valence-electron chi connectivity index (χ4n) is 2.13. The lowest BCUT2D eigenvalue weighted by Crippen LogP contribution is -2.25. The fourth-order valence-corrected chi connectivity index (χ4v) is 2.99. The van der Waals surface area contributed by atoms with Crippen LogP contribution in [0.3, 0.4) is 0 Å². The molecule has 0 aliphatic rings. The lowest BCUT2D eigenvalue weighted by molar-refractivity contribution is 0.626. The highest BCUT2D eigenvalue weighted by Crippen LogP contribution is 2.20. The lowest BCUT2D eigenvalue weighted by Gasteiger charge is -2.12. The van der Waals surface area contributed by atoms with Crippen molar-refractivity contribution in [3.63, 3.8) is 0 Å². The van der Waals surface area contributed by atoms with Crippen molar-refractivity contribution in [2.45, 2.75) is 37.1 Å². The standard InChI is InChI=1S/C18H22FNS/c1-13(2)15-5-3-14(4-6-15)11-17(20)12-21-18-9-7-16(19)8-10-18/h3-10,13,17H,11-12,20H2,1-2H3. The molecule has 1 nitrogen and oxygen atoms in total. The van der Waals surface area contributed by atoms with Crippen LogP contribution in [-0.2, 0) is 6.42 Å². The van der Waals surface area contributed by atoms with Gasteiger partial charge in [0.15, 0.2) is 0 Å². The monoisotopic (exact) mass is 303 g/mol. The van der Waals surface area contributed by atoms with Gasteiger partial charge < -0.3 is 5.73 Å². The van der Waals surface area contributed by atoms with Crippen LogP contribution in [0.4, 0.5) is 4.39 Å². The maximum absolute atomic E-state index is 12.8. The van der Waals surface area contributed by atoms with Crippen molar-refractivity contribution in [2.24, 2.45) is 5.73 Å². The topological polar surface area (TPSA) is 26.0 Å². The Kier molecular flexibility index (Phi) is 5.83. The van der Waals surface area contributed by atoms with Crippen molar-refractivity contribution in [1.29, 1.82) is 0 Å². The zero-order valence-electron chi connectivity index (χ0n) is 12.6. The molecule has 2 rings (SSSR count). The third-order valence-corrected chi connectivity index (χ3v) is 4.62. The normalized spacial score (nSPS) is 12.6. The SMILES string of the molecule is CC(C)c1ccc(CC(N)CSc2ccc(F)cc2)cc1. The second kappa shape index (κ2) is 7.62. The predicted octanol–water partition coefficient (Wildman–Crippen LogP) is 4.61. The molecule has 3 heteroatoms. The summed E-state index contributed by atoms with van der Waals surface area (Å²) in [7, 11) is 0. The van der Waals surface area contributed by atoms with Gasteiger partial charge in [0.05, 0.1) is 0 Å². The van der Waals surface area contributed by atoms with Crippen LogP contribution in [0.5, 0.6) is 0 Å². The van der Waals surface area contributed by atoms with Gasteiger partial charge in [-0.2, -0.15) is 0 Å². The summed E-state index contributed by atoms with van der Waals surface area (Å²) in [6.07, 6.45) is 0.868. The lowest BCUT2D eigenvalue weighted by atomic mass is 10.00. The average Bonchev–Trinajstić information content (AvgIpc) is 2.47. The van der Waals surface area contributed by atoms with Crippen LogP contribution in [-0.4, -0.2) is 11.8 Å². The highest BCUT2D eigenvalue weighted by atomic mass is 32.2. The van der Waals surface area contributed by atoms with Crippen molar-refractivity contribution in [3.05, 3.63) is 65.5 Å². The number of rotatable bonds is 6. The van der Waals surface area contributed by atoms with E-state index in [0.717, 1.165) is 17.1 Å². The molecule has 112 valence electrons. The molecule has 1 unspecified atom stereocenters. The maximum Gasteiger partial charge on any atom is 0.123 e. The Morgan fingerprint density at radius 3 is 2.19 bits per heavy atom. The second-order valence-corrected chi connectivity index (χ2v) is 6.72. The summed E-state index contributed by atoms with van der Waals surface area (Å²) in [4.78, 5) is 1.06. The predicted molar refractivity (Wildman–Crippen MR) is 89.3 cm³/mol. The van der Waals surface area contributed by atoms with Gasteiger partial charge in [0.2, 0.25) is 0 Å². The number of thioether (sulfide) groups is 1. The number of halogens is 1. The molecule has 1 atom stereocenters. The first-order valence-electron chi connectivity index (χ1n) is 7.27. The molecule has 0 spiro atoms. The second-order valence-electron chi connectivity index (χ2n) is 5.63. The van der Waals surface area contributed by atoms with E-state index in [2.05, 4.69) is 38.1 Å². The van der Waals surface area contributed by atoms with E-state index >= 15 is 0 Å². The van der Waals surface area contributed by atoms with Crippen LogP contribution in [0.25, 0.3) is 0 Å². The summed E-state index contributed by atoms with van der Waals surface area (Å²) in [5.74, 6) is 1.19. The highest BCUT2D eigenvalue weighted by Gasteiger charge is 2.06. The Balaban J connectivity index is 1.83. The van der Waals surface area contributed by atoms with E-state index in [4.69, 9.17) is 5.73 Å². The molecule has 0 aliphatic heterocycles. The summed E-state index contributed by atoms with van der Waals surface area (Å²) >= 11 is 1.67. The van der Waals surface area contributed by atoms with Crippen molar-refractivity contribution in [2.75, 3.05) is 5.75 Å². The van der Waals surface area contributed by atoms with Crippen LogP contribution < -0.4 is 5.73 Å². The van der Waals surface area contributed by atoms with Crippen LogP contribution in [0, 0.1) is 5.82 Å². The van der Waals surface area contributed by atoms with E-state index in [0.29, 0.717) is 5.92 Å². The smallest absolute Gasteiger partial charge is 0.123 e. The van der Waals surface area contributed by atoms with Gasteiger partial charge in [-0.15, -0.1) is 11.8 Å². The zero-order valence-corrected chi connectivity index (χ0v) is 13.4. The van der Waals surface area contributed by atoms with Gasteiger partial charge in [-0.3, -0.25) is 0 Å². The highest BCUT2D eigenvalue weighted by molar-refractivity contribution is 7.99. The number of hydrogen-bond donors (Lipinski definition) is 1. The molecular weight excluding hydrogens is 281 g/mol. The maximum atomic E-state index is 12.8. The summed E-state index contributed by atoms with van der Waals surface area (Å²) in [5, 5.41) is 0. The quantitative estimate of drug-likeness (QED) is 0.789. The molecule has 21 heavy (non-hydrogen) atoms. The summed E-state index contributed by atoms with van der Waals surface area (Å²) < 4.78 is 12.8. The molecule has 0 bridgehead atoms. The molecule has 0 saturated heterocycles. The Morgan fingerprint density at radius 1 is 1.00 bits per heavy atom. The van der Waals surface area contributed by atoms with E-state index < -0.39 is 0 Å². The Morgan fingerprint density at radius 2 is 1.62 bits per heavy atom. The first kappa shape index (κ1) is 16.1. The number of nitrogens with two attached hydrogens (primary N) is 1.